The van der Waals surface area contributed by atoms with Crippen molar-refractivity contribution < 1.29 is 4.79 Å². The molecular weight excluding hydrogens is 252 g/mol. The van der Waals surface area contributed by atoms with Gasteiger partial charge in [-0.05, 0) is 25.5 Å². The Kier molecular flexibility index (Phi) is 7.17. The molecule has 0 unspecified atom stereocenters. The molecular formula is C15H24N4O. The molecule has 1 aromatic carbocycles. The fourth-order valence-corrected chi connectivity index (χ4v) is 1.71. The van der Waals surface area contributed by atoms with Crippen LogP contribution in [-0.2, 0) is 0 Å². The van der Waals surface area contributed by atoms with Crippen molar-refractivity contribution in [2.75, 3.05) is 26.7 Å². The fraction of sp³-hybridized carbons (Fsp3) is 0.467. The molecule has 1 aromatic rings. The second-order valence-electron chi connectivity index (χ2n) is 4.55. The maximum Gasteiger partial charge on any atom is 0.251 e. The van der Waals surface area contributed by atoms with Crippen molar-refractivity contribution in [3.8, 4) is 0 Å². The Morgan fingerprint density at radius 2 is 1.85 bits per heavy atom. The minimum absolute atomic E-state index is 0.0491. The van der Waals surface area contributed by atoms with Crippen molar-refractivity contribution in [2.24, 2.45) is 4.99 Å². The second kappa shape index (κ2) is 8.96. The van der Waals surface area contributed by atoms with Crippen molar-refractivity contribution >= 4 is 11.9 Å². The van der Waals surface area contributed by atoms with E-state index in [2.05, 4.69) is 27.9 Å². The smallest absolute Gasteiger partial charge is 0.251 e. The number of aliphatic imine (C=N–C) groups is 1. The quantitative estimate of drug-likeness (QED) is 0.417. The highest BCUT2D eigenvalue weighted by atomic mass is 16.1. The number of aryl methyl sites for hydroxylation is 1. The standard InChI is InChI=1S/C15H24N4O/c1-4-8-18-15(16-3)19-10-9-17-14(20)13-7-5-6-12(2)11-13/h5-7,11H,4,8-10H2,1-3H3,(H,17,20)(H2,16,18,19). The number of benzene rings is 1. The first-order valence-electron chi connectivity index (χ1n) is 6.96. The summed E-state index contributed by atoms with van der Waals surface area (Å²) in [6.07, 6.45) is 1.05. The number of hydrogen-bond donors (Lipinski definition) is 3. The van der Waals surface area contributed by atoms with Gasteiger partial charge in [0, 0.05) is 32.2 Å². The molecule has 0 atom stereocenters. The number of guanidine groups is 1. The van der Waals surface area contributed by atoms with Gasteiger partial charge in [0.25, 0.3) is 5.91 Å². The summed E-state index contributed by atoms with van der Waals surface area (Å²) < 4.78 is 0. The highest BCUT2D eigenvalue weighted by Crippen LogP contribution is 2.03. The largest absolute Gasteiger partial charge is 0.356 e. The highest BCUT2D eigenvalue weighted by Gasteiger charge is 2.04. The normalized spacial score (nSPS) is 11.1. The van der Waals surface area contributed by atoms with Crippen LogP contribution in [0.25, 0.3) is 0 Å². The molecule has 20 heavy (non-hydrogen) atoms. The van der Waals surface area contributed by atoms with Gasteiger partial charge in [0.15, 0.2) is 5.96 Å². The highest BCUT2D eigenvalue weighted by molar-refractivity contribution is 5.94. The van der Waals surface area contributed by atoms with Crippen LogP contribution < -0.4 is 16.0 Å². The van der Waals surface area contributed by atoms with Gasteiger partial charge in [-0.3, -0.25) is 9.79 Å². The average molecular weight is 276 g/mol. The zero-order valence-corrected chi connectivity index (χ0v) is 12.5. The van der Waals surface area contributed by atoms with Gasteiger partial charge in [-0.2, -0.15) is 0 Å². The first-order chi connectivity index (χ1) is 9.67. The van der Waals surface area contributed by atoms with E-state index in [1.807, 2.05) is 31.2 Å². The van der Waals surface area contributed by atoms with Gasteiger partial charge in [-0.25, -0.2) is 0 Å². The number of carbonyl (C=O) groups excluding carboxylic acids is 1. The topological polar surface area (TPSA) is 65.5 Å². The van der Waals surface area contributed by atoms with Gasteiger partial charge >= 0.3 is 0 Å². The van der Waals surface area contributed by atoms with E-state index < -0.39 is 0 Å². The molecule has 0 saturated carbocycles. The van der Waals surface area contributed by atoms with E-state index in [-0.39, 0.29) is 5.91 Å². The predicted molar refractivity (Wildman–Crippen MR) is 83.2 cm³/mol. The molecule has 0 heterocycles. The Hall–Kier alpha value is -2.04. The van der Waals surface area contributed by atoms with Crippen LogP contribution in [0.4, 0.5) is 0 Å². The lowest BCUT2D eigenvalue weighted by atomic mass is 10.1. The minimum atomic E-state index is -0.0491. The van der Waals surface area contributed by atoms with E-state index in [4.69, 9.17) is 0 Å². The van der Waals surface area contributed by atoms with Gasteiger partial charge in [0.2, 0.25) is 0 Å². The van der Waals surface area contributed by atoms with Gasteiger partial charge in [0.1, 0.15) is 0 Å². The second-order valence-corrected chi connectivity index (χ2v) is 4.55. The lowest BCUT2D eigenvalue weighted by Gasteiger charge is -2.11. The molecule has 0 saturated heterocycles. The number of carbonyl (C=O) groups is 1. The molecule has 0 bridgehead atoms. The minimum Gasteiger partial charge on any atom is -0.356 e. The molecule has 5 nitrogen and oxygen atoms in total. The summed E-state index contributed by atoms with van der Waals surface area (Å²) in [6, 6.07) is 7.56. The van der Waals surface area contributed by atoms with Crippen LogP contribution in [0, 0.1) is 6.92 Å². The lowest BCUT2D eigenvalue weighted by molar-refractivity contribution is 0.0954. The summed E-state index contributed by atoms with van der Waals surface area (Å²) >= 11 is 0. The summed E-state index contributed by atoms with van der Waals surface area (Å²) in [5.41, 5.74) is 1.78. The maximum absolute atomic E-state index is 11.9. The lowest BCUT2D eigenvalue weighted by Crippen LogP contribution is -2.41. The summed E-state index contributed by atoms with van der Waals surface area (Å²) in [5.74, 6) is 0.712. The number of hydrogen-bond acceptors (Lipinski definition) is 2. The van der Waals surface area contributed by atoms with Gasteiger partial charge in [0.05, 0.1) is 0 Å². The fourth-order valence-electron chi connectivity index (χ4n) is 1.71. The van der Waals surface area contributed by atoms with E-state index in [0.717, 1.165) is 24.5 Å². The third kappa shape index (κ3) is 5.73. The van der Waals surface area contributed by atoms with Crippen LogP contribution in [-0.4, -0.2) is 38.5 Å². The zero-order valence-electron chi connectivity index (χ0n) is 12.5. The van der Waals surface area contributed by atoms with E-state index in [1.54, 1.807) is 7.05 Å². The van der Waals surface area contributed by atoms with Crippen molar-refractivity contribution in [3.05, 3.63) is 35.4 Å². The molecule has 0 fully saturated rings. The van der Waals surface area contributed by atoms with E-state index >= 15 is 0 Å². The molecule has 1 amide bonds. The van der Waals surface area contributed by atoms with Crippen molar-refractivity contribution in [3.63, 3.8) is 0 Å². The van der Waals surface area contributed by atoms with Crippen molar-refractivity contribution in [2.45, 2.75) is 20.3 Å². The van der Waals surface area contributed by atoms with Gasteiger partial charge < -0.3 is 16.0 Å². The number of nitrogens with one attached hydrogen (secondary N) is 3. The molecule has 3 N–H and O–H groups in total. The summed E-state index contributed by atoms with van der Waals surface area (Å²) in [4.78, 5) is 16.0. The van der Waals surface area contributed by atoms with Crippen LogP contribution in [0.1, 0.15) is 29.3 Å². The number of rotatable bonds is 6. The molecule has 0 aliphatic rings. The Bertz CT molecular complexity index is 457. The van der Waals surface area contributed by atoms with Crippen molar-refractivity contribution in [1.82, 2.24) is 16.0 Å². The summed E-state index contributed by atoms with van der Waals surface area (Å²) in [6.45, 7) is 6.15. The molecule has 0 aromatic heterocycles. The molecule has 110 valence electrons. The molecule has 1 rings (SSSR count). The molecule has 0 aliphatic carbocycles. The first kappa shape index (κ1) is 16.0. The Morgan fingerprint density at radius 1 is 1.15 bits per heavy atom. The Labute approximate surface area is 120 Å². The van der Waals surface area contributed by atoms with Gasteiger partial charge in [-0.15, -0.1) is 0 Å². The summed E-state index contributed by atoms with van der Waals surface area (Å²) in [7, 11) is 1.73. The van der Waals surface area contributed by atoms with Gasteiger partial charge in [-0.1, -0.05) is 24.6 Å². The Morgan fingerprint density at radius 3 is 2.50 bits per heavy atom. The number of nitrogens with zero attached hydrogens (tertiary/aromatic N) is 1. The molecule has 0 aliphatic heterocycles. The third-order valence-corrected chi connectivity index (χ3v) is 2.75. The Balaban J connectivity index is 2.28. The van der Waals surface area contributed by atoms with Crippen LogP contribution >= 0.6 is 0 Å². The van der Waals surface area contributed by atoms with Crippen LogP contribution in [0.5, 0.6) is 0 Å². The van der Waals surface area contributed by atoms with Crippen LogP contribution in [0.2, 0.25) is 0 Å². The number of amides is 1. The molecule has 0 radical (unpaired) electrons. The average Bonchev–Trinajstić information content (AvgIpc) is 2.46. The van der Waals surface area contributed by atoms with E-state index in [0.29, 0.717) is 18.7 Å². The zero-order chi connectivity index (χ0) is 14.8. The van der Waals surface area contributed by atoms with Crippen molar-refractivity contribution in [1.29, 1.82) is 0 Å². The predicted octanol–water partition coefficient (Wildman–Crippen LogP) is 1.30. The van der Waals surface area contributed by atoms with E-state index in [9.17, 15) is 4.79 Å². The van der Waals surface area contributed by atoms with Crippen LogP contribution in [0.3, 0.4) is 0 Å². The van der Waals surface area contributed by atoms with E-state index in [1.165, 1.54) is 0 Å². The molecule has 0 spiro atoms. The SMILES string of the molecule is CCCNC(=NC)NCCNC(=O)c1cccc(C)c1. The van der Waals surface area contributed by atoms with Crippen LogP contribution in [0.15, 0.2) is 29.3 Å². The maximum atomic E-state index is 11.9. The molecule has 5 heteroatoms. The summed E-state index contributed by atoms with van der Waals surface area (Å²) in [5, 5.41) is 9.20. The first-order valence-corrected chi connectivity index (χ1v) is 6.96. The monoisotopic (exact) mass is 276 g/mol. The third-order valence-electron chi connectivity index (χ3n) is 2.75.